The van der Waals surface area contributed by atoms with Crippen LogP contribution in [-0.4, -0.2) is 67.3 Å². The normalized spacial score (nSPS) is 14.2. The highest BCUT2D eigenvalue weighted by Gasteiger charge is 2.20. The molecule has 5 rings (SSSR count). The Balaban J connectivity index is 1.38. The standard InChI is InChI=1S/C36H46N4O3/c1-7-42-34(41)9-8-20-43-35-30(24(2)3)21-28(22-31(35)25(4)5)36-37-32-15-12-27(23-33(32)38-36)26-10-13-29(14-11-26)40-18-16-39(6)17-19-40/h10-15,21-25H,7-9,16-20H2,1-6H3,(H,37,38). The van der Waals surface area contributed by atoms with E-state index in [4.69, 9.17) is 14.5 Å². The number of hydrogen-bond donors (Lipinski definition) is 1. The predicted molar refractivity (Wildman–Crippen MR) is 176 cm³/mol. The summed E-state index contributed by atoms with van der Waals surface area (Å²) in [5, 5.41) is 0. The van der Waals surface area contributed by atoms with Crippen LogP contribution in [0.15, 0.2) is 54.6 Å². The Kier molecular flexibility index (Phi) is 9.71. The Bertz CT molecular complexity index is 1500. The van der Waals surface area contributed by atoms with E-state index in [1.165, 1.54) is 16.8 Å². The molecule has 0 unspecified atom stereocenters. The zero-order valence-corrected chi connectivity index (χ0v) is 26.6. The first-order valence-corrected chi connectivity index (χ1v) is 15.7. The van der Waals surface area contributed by atoms with Gasteiger partial charge in [0.15, 0.2) is 0 Å². The summed E-state index contributed by atoms with van der Waals surface area (Å²) in [6.45, 7) is 15.8. The minimum Gasteiger partial charge on any atom is -0.493 e. The van der Waals surface area contributed by atoms with Crippen LogP contribution in [0.5, 0.6) is 5.75 Å². The number of aromatic nitrogens is 2. The third-order valence-electron chi connectivity index (χ3n) is 8.29. The first-order chi connectivity index (χ1) is 20.7. The van der Waals surface area contributed by atoms with Crippen molar-refractivity contribution in [2.45, 2.75) is 59.3 Å². The molecule has 1 aliphatic heterocycles. The van der Waals surface area contributed by atoms with Gasteiger partial charge in [0.1, 0.15) is 11.6 Å². The highest BCUT2D eigenvalue weighted by molar-refractivity contribution is 5.85. The monoisotopic (exact) mass is 582 g/mol. The van der Waals surface area contributed by atoms with Crippen LogP contribution in [0.2, 0.25) is 0 Å². The molecular formula is C36H46N4O3. The van der Waals surface area contributed by atoms with Gasteiger partial charge in [-0.05, 0) is 90.9 Å². The number of esters is 1. The van der Waals surface area contributed by atoms with Gasteiger partial charge in [-0.2, -0.15) is 0 Å². The Labute approximate surface area is 256 Å². The minimum atomic E-state index is -0.176. The molecule has 7 nitrogen and oxygen atoms in total. The Morgan fingerprint density at radius 3 is 2.16 bits per heavy atom. The van der Waals surface area contributed by atoms with Crippen molar-refractivity contribution in [1.29, 1.82) is 0 Å². The van der Waals surface area contributed by atoms with Crippen molar-refractivity contribution in [3.8, 4) is 28.3 Å². The smallest absolute Gasteiger partial charge is 0.305 e. The zero-order chi connectivity index (χ0) is 30.5. The number of likely N-dealkylation sites (N-methyl/N-ethyl adjacent to an activating group) is 1. The van der Waals surface area contributed by atoms with Gasteiger partial charge in [0.2, 0.25) is 0 Å². The summed E-state index contributed by atoms with van der Waals surface area (Å²) in [5.74, 6) is 2.14. The molecule has 43 heavy (non-hydrogen) atoms. The van der Waals surface area contributed by atoms with Crippen LogP contribution in [0.25, 0.3) is 33.5 Å². The second-order valence-corrected chi connectivity index (χ2v) is 12.2. The average Bonchev–Trinajstić information content (AvgIpc) is 3.43. The van der Waals surface area contributed by atoms with Crippen LogP contribution in [0.4, 0.5) is 5.69 Å². The number of nitrogens with zero attached hydrogens (tertiary/aromatic N) is 3. The summed E-state index contributed by atoms with van der Waals surface area (Å²) in [7, 11) is 2.19. The van der Waals surface area contributed by atoms with Gasteiger partial charge in [0.25, 0.3) is 0 Å². The first kappa shape index (κ1) is 30.6. The topological polar surface area (TPSA) is 70.7 Å². The number of aromatic amines is 1. The number of piperazine rings is 1. The number of carbonyl (C=O) groups is 1. The fraction of sp³-hybridized carbons (Fsp3) is 0.444. The van der Waals surface area contributed by atoms with Gasteiger partial charge in [0.05, 0.1) is 24.2 Å². The number of imidazole rings is 1. The largest absolute Gasteiger partial charge is 0.493 e. The van der Waals surface area contributed by atoms with Crippen LogP contribution >= 0.6 is 0 Å². The number of carbonyl (C=O) groups excluding carboxylic acids is 1. The zero-order valence-electron chi connectivity index (χ0n) is 26.6. The van der Waals surface area contributed by atoms with E-state index in [0.717, 1.165) is 65.5 Å². The maximum atomic E-state index is 11.8. The van der Waals surface area contributed by atoms with Gasteiger partial charge in [-0.3, -0.25) is 4.79 Å². The maximum Gasteiger partial charge on any atom is 0.305 e. The third-order valence-corrected chi connectivity index (χ3v) is 8.29. The lowest BCUT2D eigenvalue weighted by atomic mass is 9.91. The van der Waals surface area contributed by atoms with E-state index in [0.29, 0.717) is 26.1 Å². The van der Waals surface area contributed by atoms with E-state index < -0.39 is 0 Å². The lowest BCUT2D eigenvalue weighted by molar-refractivity contribution is -0.143. The molecule has 0 radical (unpaired) electrons. The molecule has 3 aromatic carbocycles. The highest BCUT2D eigenvalue weighted by Crippen LogP contribution is 2.39. The Hall–Kier alpha value is -3.84. The van der Waals surface area contributed by atoms with Gasteiger partial charge in [-0.25, -0.2) is 4.98 Å². The Morgan fingerprint density at radius 2 is 1.53 bits per heavy atom. The van der Waals surface area contributed by atoms with Crippen LogP contribution in [0.1, 0.15) is 70.4 Å². The first-order valence-electron chi connectivity index (χ1n) is 15.7. The van der Waals surface area contributed by atoms with E-state index in [2.05, 4.69) is 104 Å². The molecule has 2 heterocycles. The highest BCUT2D eigenvalue weighted by atomic mass is 16.5. The number of H-pyrrole nitrogens is 1. The molecule has 0 saturated carbocycles. The lowest BCUT2D eigenvalue weighted by Crippen LogP contribution is -2.44. The van der Waals surface area contributed by atoms with Crippen LogP contribution in [0, 0.1) is 0 Å². The van der Waals surface area contributed by atoms with E-state index in [1.807, 2.05) is 6.92 Å². The maximum absolute atomic E-state index is 11.8. The number of rotatable bonds is 11. The number of benzene rings is 3. The van der Waals surface area contributed by atoms with Crippen LogP contribution in [0.3, 0.4) is 0 Å². The van der Waals surface area contributed by atoms with Crippen molar-refractivity contribution in [3.05, 3.63) is 65.7 Å². The van der Waals surface area contributed by atoms with Crippen molar-refractivity contribution >= 4 is 22.7 Å². The number of anilines is 1. The van der Waals surface area contributed by atoms with Gasteiger partial charge in [-0.15, -0.1) is 0 Å². The molecular weight excluding hydrogens is 536 g/mol. The molecule has 1 aliphatic rings. The molecule has 1 N–H and O–H groups in total. The molecule has 0 spiro atoms. The summed E-state index contributed by atoms with van der Waals surface area (Å²) >= 11 is 0. The van der Waals surface area contributed by atoms with Crippen molar-refractivity contribution in [3.63, 3.8) is 0 Å². The summed E-state index contributed by atoms with van der Waals surface area (Å²) in [6.07, 6.45) is 0.988. The van der Waals surface area contributed by atoms with Crippen molar-refractivity contribution in [1.82, 2.24) is 14.9 Å². The molecule has 0 amide bonds. The molecule has 0 aliphatic carbocycles. The van der Waals surface area contributed by atoms with Gasteiger partial charge < -0.3 is 24.3 Å². The van der Waals surface area contributed by atoms with Crippen molar-refractivity contribution < 1.29 is 14.3 Å². The van der Waals surface area contributed by atoms with Gasteiger partial charge >= 0.3 is 5.97 Å². The van der Waals surface area contributed by atoms with E-state index in [9.17, 15) is 4.79 Å². The summed E-state index contributed by atoms with van der Waals surface area (Å²) in [5.41, 5.74) is 8.99. The second kappa shape index (κ2) is 13.6. The number of ether oxygens (including phenoxy) is 2. The molecule has 1 saturated heterocycles. The van der Waals surface area contributed by atoms with Gasteiger partial charge in [-0.1, -0.05) is 45.9 Å². The molecule has 228 valence electrons. The molecule has 4 aromatic rings. The van der Waals surface area contributed by atoms with E-state index in [-0.39, 0.29) is 17.8 Å². The van der Waals surface area contributed by atoms with Crippen LogP contribution < -0.4 is 9.64 Å². The molecule has 1 aromatic heterocycles. The second-order valence-electron chi connectivity index (χ2n) is 12.2. The lowest BCUT2D eigenvalue weighted by Gasteiger charge is -2.34. The van der Waals surface area contributed by atoms with Crippen molar-refractivity contribution in [2.75, 3.05) is 51.3 Å². The summed E-state index contributed by atoms with van der Waals surface area (Å²) < 4.78 is 11.4. The summed E-state index contributed by atoms with van der Waals surface area (Å²) in [6, 6.07) is 19.8. The van der Waals surface area contributed by atoms with Crippen molar-refractivity contribution in [2.24, 2.45) is 0 Å². The molecule has 0 atom stereocenters. The quantitative estimate of drug-likeness (QED) is 0.145. The number of hydrogen-bond acceptors (Lipinski definition) is 6. The third kappa shape index (κ3) is 7.21. The van der Waals surface area contributed by atoms with E-state index >= 15 is 0 Å². The molecule has 7 heteroatoms. The average molecular weight is 583 g/mol. The Morgan fingerprint density at radius 1 is 0.884 bits per heavy atom. The summed E-state index contributed by atoms with van der Waals surface area (Å²) in [4.78, 5) is 25.2. The minimum absolute atomic E-state index is 0.176. The number of fused-ring (bicyclic) bond motifs is 1. The molecule has 1 fully saturated rings. The predicted octanol–water partition coefficient (Wildman–Crippen LogP) is 7.62. The SMILES string of the molecule is CCOC(=O)CCCOc1c(C(C)C)cc(-c2nc3ccc(-c4ccc(N5CCN(C)CC5)cc4)cc3[nH]2)cc1C(C)C. The fourth-order valence-electron chi connectivity index (χ4n) is 5.71. The number of nitrogens with one attached hydrogen (secondary N) is 1. The molecule has 0 bridgehead atoms. The fourth-order valence-corrected chi connectivity index (χ4v) is 5.71. The van der Waals surface area contributed by atoms with Gasteiger partial charge in [0, 0.05) is 43.9 Å². The van der Waals surface area contributed by atoms with E-state index in [1.54, 1.807) is 0 Å². The van der Waals surface area contributed by atoms with Crippen LogP contribution in [-0.2, 0) is 9.53 Å².